The first-order valence-corrected chi connectivity index (χ1v) is 6.79. The third kappa shape index (κ3) is 3.13. The van der Waals surface area contributed by atoms with E-state index < -0.39 is 0 Å². The Morgan fingerprint density at radius 2 is 2.11 bits per heavy atom. The number of hydrogen-bond acceptors (Lipinski definition) is 3. The lowest BCUT2D eigenvalue weighted by Crippen LogP contribution is -1.93. The molecule has 0 atom stereocenters. The fourth-order valence-corrected chi connectivity index (χ4v) is 2.05. The minimum absolute atomic E-state index is 0.137. The summed E-state index contributed by atoms with van der Waals surface area (Å²) in [5.74, 6) is 1.03. The van der Waals surface area contributed by atoms with E-state index in [0.717, 1.165) is 17.0 Å². The Morgan fingerprint density at radius 1 is 1.33 bits per heavy atom. The van der Waals surface area contributed by atoms with Gasteiger partial charge in [0.15, 0.2) is 0 Å². The Balaban J connectivity index is 2.31. The van der Waals surface area contributed by atoms with Crippen LogP contribution in [0.2, 0.25) is 10.3 Å². The molecule has 2 rings (SSSR count). The third-order valence-corrected chi connectivity index (χ3v) is 3.39. The average Bonchev–Trinajstić information content (AvgIpc) is 2.36. The van der Waals surface area contributed by atoms with E-state index in [1.54, 1.807) is 18.3 Å². The van der Waals surface area contributed by atoms with Gasteiger partial charge < -0.3 is 4.74 Å². The molecule has 0 aliphatic rings. The van der Waals surface area contributed by atoms with E-state index in [1.807, 2.05) is 13.0 Å². The highest BCUT2D eigenvalue weighted by Gasteiger charge is 2.08. The van der Waals surface area contributed by atoms with E-state index in [9.17, 15) is 0 Å². The second-order valence-corrected chi connectivity index (χ2v) is 5.10. The van der Waals surface area contributed by atoms with Crippen LogP contribution >= 0.6 is 39.1 Å². The molecule has 18 heavy (non-hydrogen) atoms. The van der Waals surface area contributed by atoms with E-state index in [-0.39, 0.29) is 5.28 Å². The van der Waals surface area contributed by atoms with Crippen molar-refractivity contribution < 1.29 is 4.74 Å². The van der Waals surface area contributed by atoms with Crippen LogP contribution in [0.1, 0.15) is 12.5 Å². The number of aromatic nitrogens is 2. The van der Waals surface area contributed by atoms with Gasteiger partial charge in [0.25, 0.3) is 0 Å². The maximum absolute atomic E-state index is 6.04. The maximum Gasteiger partial charge on any atom is 0.237 e. The number of rotatable bonds is 3. The van der Waals surface area contributed by atoms with Gasteiger partial charge in [-0.1, -0.05) is 18.5 Å². The molecule has 0 saturated carbocycles. The molecule has 1 heterocycles. The fourth-order valence-electron chi connectivity index (χ4n) is 1.40. The molecule has 6 heteroatoms. The summed E-state index contributed by atoms with van der Waals surface area (Å²) in [5.41, 5.74) is 1.02. The second kappa shape index (κ2) is 5.87. The molecule has 1 aromatic heterocycles. The normalized spacial score (nSPS) is 10.4. The van der Waals surface area contributed by atoms with Crippen molar-refractivity contribution in [2.75, 3.05) is 0 Å². The van der Waals surface area contributed by atoms with E-state index in [1.165, 1.54) is 0 Å². The quantitative estimate of drug-likeness (QED) is 0.740. The molecule has 94 valence electrons. The SMILES string of the molecule is CCc1cc(Oc2nc(Cl)ncc2Br)ccc1Cl. The number of benzene rings is 1. The van der Waals surface area contributed by atoms with Gasteiger partial charge in [0.05, 0.1) is 4.47 Å². The fraction of sp³-hybridized carbons (Fsp3) is 0.167. The van der Waals surface area contributed by atoms with Gasteiger partial charge in [-0.05, 0) is 57.7 Å². The highest BCUT2D eigenvalue weighted by Crippen LogP contribution is 2.30. The molecular weight excluding hydrogens is 339 g/mol. The van der Waals surface area contributed by atoms with Crippen LogP contribution in [0.25, 0.3) is 0 Å². The molecule has 2 aromatic rings. The Bertz CT molecular complexity index is 578. The Kier molecular flexibility index (Phi) is 4.43. The van der Waals surface area contributed by atoms with Crippen molar-refractivity contribution in [1.29, 1.82) is 0 Å². The van der Waals surface area contributed by atoms with Crippen molar-refractivity contribution in [1.82, 2.24) is 9.97 Å². The molecule has 0 amide bonds. The van der Waals surface area contributed by atoms with Crippen molar-refractivity contribution in [3.63, 3.8) is 0 Å². The summed E-state index contributed by atoms with van der Waals surface area (Å²) in [6.45, 7) is 2.03. The lowest BCUT2D eigenvalue weighted by molar-refractivity contribution is 0.457. The monoisotopic (exact) mass is 346 g/mol. The Morgan fingerprint density at radius 3 is 2.83 bits per heavy atom. The van der Waals surface area contributed by atoms with E-state index >= 15 is 0 Å². The Labute approximate surface area is 123 Å². The molecule has 0 fully saturated rings. The molecule has 3 nitrogen and oxygen atoms in total. The third-order valence-electron chi connectivity index (χ3n) is 2.30. The van der Waals surface area contributed by atoms with Gasteiger partial charge in [0.2, 0.25) is 11.2 Å². The molecule has 1 aromatic carbocycles. The summed E-state index contributed by atoms with van der Waals surface area (Å²) in [5, 5.41) is 0.863. The molecule has 0 aliphatic carbocycles. The standard InChI is InChI=1S/C12H9BrCl2N2O/c1-2-7-5-8(3-4-10(7)14)18-11-9(13)6-16-12(15)17-11/h3-6H,2H2,1H3. The maximum atomic E-state index is 6.04. The van der Waals surface area contributed by atoms with Crippen LogP contribution in [-0.2, 0) is 6.42 Å². The molecule has 0 bridgehead atoms. The predicted octanol–water partition coefficient (Wildman–Crippen LogP) is 4.90. The minimum atomic E-state index is 0.137. The van der Waals surface area contributed by atoms with Crippen LogP contribution in [0.15, 0.2) is 28.9 Å². The first-order chi connectivity index (χ1) is 8.60. The molecule has 0 aliphatic heterocycles. The number of nitrogens with zero attached hydrogens (tertiary/aromatic N) is 2. The molecule has 0 spiro atoms. The number of hydrogen-bond donors (Lipinski definition) is 0. The van der Waals surface area contributed by atoms with Crippen LogP contribution in [0.5, 0.6) is 11.6 Å². The van der Waals surface area contributed by atoms with E-state index in [2.05, 4.69) is 25.9 Å². The largest absolute Gasteiger partial charge is 0.438 e. The predicted molar refractivity (Wildman–Crippen MR) is 75.6 cm³/mol. The van der Waals surface area contributed by atoms with Crippen molar-refractivity contribution in [2.24, 2.45) is 0 Å². The second-order valence-electron chi connectivity index (χ2n) is 3.50. The van der Waals surface area contributed by atoms with Crippen LogP contribution in [0.3, 0.4) is 0 Å². The van der Waals surface area contributed by atoms with Gasteiger partial charge in [0.1, 0.15) is 5.75 Å². The van der Waals surface area contributed by atoms with Crippen LogP contribution in [0, 0.1) is 0 Å². The topological polar surface area (TPSA) is 35.0 Å². The zero-order valence-electron chi connectivity index (χ0n) is 9.45. The Hall–Kier alpha value is -0.840. The highest BCUT2D eigenvalue weighted by molar-refractivity contribution is 9.10. The molecule has 0 unspecified atom stereocenters. The van der Waals surface area contributed by atoms with Gasteiger partial charge in [0, 0.05) is 11.2 Å². The zero-order chi connectivity index (χ0) is 13.1. The first-order valence-electron chi connectivity index (χ1n) is 5.24. The minimum Gasteiger partial charge on any atom is -0.438 e. The van der Waals surface area contributed by atoms with Crippen LogP contribution < -0.4 is 4.74 Å². The van der Waals surface area contributed by atoms with E-state index in [0.29, 0.717) is 16.1 Å². The number of aryl methyl sites for hydroxylation is 1. The van der Waals surface area contributed by atoms with Crippen molar-refractivity contribution in [3.05, 3.63) is 44.7 Å². The average molecular weight is 348 g/mol. The summed E-state index contributed by atoms with van der Waals surface area (Å²) in [6.07, 6.45) is 2.38. The van der Waals surface area contributed by atoms with E-state index in [4.69, 9.17) is 27.9 Å². The summed E-state index contributed by atoms with van der Waals surface area (Å²) in [4.78, 5) is 7.83. The molecule has 0 N–H and O–H groups in total. The lowest BCUT2D eigenvalue weighted by Gasteiger charge is -2.08. The number of ether oxygens (including phenoxy) is 1. The van der Waals surface area contributed by atoms with Gasteiger partial charge in [-0.25, -0.2) is 4.98 Å². The van der Waals surface area contributed by atoms with Gasteiger partial charge in [-0.3, -0.25) is 0 Å². The van der Waals surface area contributed by atoms with Gasteiger partial charge in [-0.15, -0.1) is 0 Å². The highest BCUT2D eigenvalue weighted by atomic mass is 79.9. The smallest absolute Gasteiger partial charge is 0.237 e. The molecular formula is C12H9BrCl2N2O. The van der Waals surface area contributed by atoms with Gasteiger partial charge >= 0.3 is 0 Å². The van der Waals surface area contributed by atoms with Crippen LogP contribution in [0.4, 0.5) is 0 Å². The molecule has 0 radical (unpaired) electrons. The molecule has 0 saturated heterocycles. The van der Waals surface area contributed by atoms with Gasteiger partial charge in [-0.2, -0.15) is 4.98 Å². The van der Waals surface area contributed by atoms with Crippen LogP contribution in [-0.4, -0.2) is 9.97 Å². The van der Waals surface area contributed by atoms with Crippen molar-refractivity contribution >= 4 is 39.1 Å². The van der Waals surface area contributed by atoms with Crippen molar-refractivity contribution in [3.8, 4) is 11.6 Å². The summed E-state index contributed by atoms with van der Waals surface area (Å²) in [6, 6.07) is 5.46. The zero-order valence-corrected chi connectivity index (χ0v) is 12.6. The van der Waals surface area contributed by atoms with Crippen molar-refractivity contribution in [2.45, 2.75) is 13.3 Å². The first kappa shape index (κ1) is 13.6. The summed E-state index contributed by atoms with van der Waals surface area (Å²) >= 11 is 15.1. The summed E-state index contributed by atoms with van der Waals surface area (Å²) in [7, 11) is 0. The summed E-state index contributed by atoms with van der Waals surface area (Å²) < 4.78 is 6.29. The lowest BCUT2D eigenvalue weighted by atomic mass is 10.1. The number of halogens is 3.